The summed E-state index contributed by atoms with van der Waals surface area (Å²) in [5, 5.41) is 12.5. The molecule has 2 N–H and O–H groups in total. The Morgan fingerprint density at radius 1 is 1.09 bits per heavy atom. The van der Waals surface area contributed by atoms with Gasteiger partial charge in [0.15, 0.2) is 5.13 Å². The number of nitro benzene ring substituents is 1. The van der Waals surface area contributed by atoms with Gasteiger partial charge < -0.3 is 15.2 Å². The molecule has 0 bridgehead atoms. The molecular formula is C25H22ClN3O4S. The monoisotopic (exact) mass is 495 g/mol. The Kier molecular flexibility index (Phi) is 7.00. The number of nitrogen functional groups attached to an aromatic ring is 1. The molecule has 7 nitrogen and oxygen atoms in total. The van der Waals surface area contributed by atoms with Gasteiger partial charge in [0.1, 0.15) is 11.5 Å². The van der Waals surface area contributed by atoms with Gasteiger partial charge in [0.05, 0.1) is 29.7 Å². The van der Waals surface area contributed by atoms with Crippen molar-refractivity contribution < 1.29 is 14.4 Å². The van der Waals surface area contributed by atoms with Gasteiger partial charge in [-0.1, -0.05) is 47.2 Å². The molecule has 1 atom stereocenters. The highest BCUT2D eigenvalue weighted by molar-refractivity contribution is 7.18. The second kappa shape index (κ2) is 10.1. The molecule has 0 amide bonds. The molecule has 4 rings (SSSR count). The SMILES string of the molecule is COc1ccc(C(Cc2cc([N+](=O)[O-])ccc2OC)c2nc(N)sc2-c2cccc(Cl)c2)cc1. The highest BCUT2D eigenvalue weighted by atomic mass is 35.5. The molecule has 1 heterocycles. The Labute approximate surface area is 205 Å². The van der Waals surface area contributed by atoms with E-state index in [4.69, 9.17) is 31.8 Å². The highest BCUT2D eigenvalue weighted by Gasteiger charge is 2.26. The molecule has 9 heteroatoms. The number of benzene rings is 3. The number of halogens is 1. The Morgan fingerprint density at radius 3 is 2.50 bits per heavy atom. The van der Waals surface area contributed by atoms with E-state index in [1.54, 1.807) is 26.4 Å². The molecule has 0 aliphatic carbocycles. The molecule has 0 aliphatic heterocycles. The minimum Gasteiger partial charge on any atom is -0.497 e. The first-order valence-corrected chi connectivity index (χ1v) is 11.6. The van der Waals surface area contributed by atoms with Crippen LogP contribution in [0.2, 0.25) is 5.02 Å². The molecule has 4 aromatic rings. The molecule has 0 saturated heterocycles. The summed E-state index contributed by atoms with van der Waals surface area (Å²) >= 11 is 7.64. The number of nitro groups is 1. The van der Waals surface area contributed by atoms with E-state index in [2.05, 4.69) is 0 Å². The number of rotatable bonds is 8. The molecule has 174 valence electrons. The standard InChI is InChI=1S/C25H22ClN3O4S/c1-32-20-9-6-15(7-10-20)21(14-17-13-19(29(30)31)8-11-22(17)33-2)23-24(34-25(27)28-23)16-4-3-5-18(26)12-16/h3-13,21H,14H2,1-2H3,(H2,27,28). The highest BCUT2D eigenvalue weighted by Crippen LogP contribution is 2.42. The topological polar surface area (TPSA) is 101 Å². The van der Waals surface area contributed by atoms with Crippen molar-refractivity contribution in [2.45, 2.75) is 12.3 Å². The number of ether oxygens (including phenoxy) is 2. The maximum Gasteiger partial charge on any atom is 0.269 e. The molecule has 3 aromatic carbocycles. The number of aromatic nitrogens is 1. The predicted octanol–water partition coefficient (Wildman–Crippen LogP) is 6.35. The summed E-state index contributed by atoms with van der Waals surface area (Å²) in [5.74, 6) is 1.03. The normalized spacial score (nSPS) is 11.7. The summed E-state index contributed by atoms with van der Waals surface area (Å²) in [6.45, 7) is 0. The van der Waals surface area contributed by atoms with Crippen molar-refractivity contribution in [1.29, 1.82) is 0 Å². The van der Waals surface area contributed by atoms with Crippen molar-refractivity contribution in [2.75, 3.05) is 20.0 Å². The van der Waals surface area contributed by atoms with Crippen LogP contribution in [0.3, 0.4) is 0 Å². The summed E-state index contributed by atoms with van der Waals surface area (Å²) in [5.41, 5.74) is 9.49. The average molecular weight is 496 g/mol. The van der Waals surface area contributed by atoms with Crippen molar-refractivity contribution in [2.24, 2.45) is 0 Å². The van der Waals surface area contributed by atoms with Crippen molar-refractivity contribution in [1.82, 2.24) is 4.98 Å². The van der Waals surface area contributed by atoms with Crippen molar-refractivity contribution in [3.63, 3.8) is 0 Å². The molecule has 0 spiro atoms. The van der Waals surface area contributed by atoms with Gasteiger partial charge in [0, 0.05) is 28.6 Å². The van der Waals surface area contributed by atoms with E-state index in [0.29, 0.717) is 27.9 Å². The molecule has 1 unspecified atom stereocenters. The maximum absolute atomic E-state index is 11.4. The summed E-state index contributed by atoms with van der Waals surface area (Å²) in [4.78, 5) is 16.6. The molecule has 0 aliphatic rings. The second-order valence-electron chi connectivity index (χ2n) is 7.56. The first-order valence-electron chi connectivity index (χ1n) is 10.4. The summed E-state index contributed by atoms with van der Waals surface area (Å²) in [6.07, 6.45) is 0.411. The third-order valence-corrected chi connectivity index (χ3v) is 6.69. The fourth-order valence-electron chi connectivity index (χ4n) is 3.89. The van der Waals surface area contributed by atoms with Crippen molar-refractivity contribution in [3.05, 3.63) is 98.7 Å². The van der Waals surface area contributed by atoms with Gasteiger partial charge in [-0.3, -0.25) is 10.1 Å². The maximum atomic E-state index is 11.4. The zero-order valence-electron chi connectivity index (χ0n) is 18.5. The number of hydrogen-bond acceptors (Lipinski definition) is 7. The van der Waals surface area contributed by atoms with E-state index in [0.717, 1.165) is 27.4 Å². The lowest BCUT2D eigenvalue weighted by atomic mass is 9.87. The van der Waals surface area contributed by atoms with Crippen LogP contribution in [-0.4, -0.2) is 24.1 Å². The third-order valence-electron chi connectivity index (χ3n) is 5.50. The second-order valence-corrected chi connectivity index (χ2v) is 9.03. The lowest BCUT2D eigenvalue weighted by Gasteiger charge is -2.19. The van der Waals surface area contributed by atoms with Crippen LogP contribution >= 0.6 is 22.9 Å². The Morgan fingerprint density at radius 2 is 1.85 bits per heavy atom. The number of anilines is 1. The summed E-state index contributed by atoms with van der Waals surface area (Å²) < 4.78 is 10.8. The zero-order valence-corrected chi connectivity index (χ0v) is 20.1. The van der Waals surface area contributed by atoms with Crippen LogP contribution in [0.15, 0.2) is 66.7 Å². The Balaban J connectivity index is 1.87. The van der Waals surface area contributed by atoms with Gasteiger partial charge in [-0.05, 0) is 47.9 Å². The van der Waals surface area contributed by atoms with E-state index in [9.17, 15) is 10.1 Å². The van der Waals surface area contributed by atoms with E-state index in [-0.39, 0.29) is 11.6 Å². The number of hydrogen-bond donors (Lipinski definition) is 1. The number of non-ortho nitro benzene ring substituents is 1. The van der Waals surface area contributed by atoms with Crippen LogP contribution in [0.25, 0.3) is 10.4 Å². The van der Waals surface area contributed by atoms with Crippen LogP contribution < -0.4 is 15.2 Å². The van der Waals surface area contributed by atoms with Gasteiger partial charge in [0.25, 0.3) is 5.69 Å². The van der Waals surface area contributed by atoms with Gasteiger partial charge in [-0.15, -0.1) is 0 Å². The van der Waals surface area contributed by atoms with Crippen LogP contribution in [0.1, 0.15) is 22.7 Å². The smallest absolute Gasteiger partial charge is 0.269 e. The summed E-state index contributed by atoms with van der Waals surface area (Å²) in [6, 6.07) is 19.8. The fourth-order valence-corrected chi connectivity index (χ4v) is 4.97. The van der Waals surface area contributed by atoms with E-state index < -0.39 is 4.92 Å². The van der Waals surface area contributed by atoms with Crippen LogP contribution in [0, 0.1) is 10.1 Å². The molecule has 0 saturated carbocycles. The third kappa shape index (κ3) is 4.98. The van der Waals surface area contributed by atoms with Crippen LogP contribution in [0.4, 0.5) is 10.8 Å². The first-order chi connectivity index (χ1) is 16.4. The van der Waals surface area contributed by atoms with Gasteiger partial charge in [-0.25, -0.2) is 4.98 Å². The minimum atomic E-state index is -0.413. The zero-order chi connectivity index (χ0) is 24.2. The van der Waals surface area contributed by atoms with Crippen LogP contribution in [0.5, 0.6) is 11.5 Å². The minimum absolute atomic E-state index is 0.00265. The molecule has 1 aromatic heterocycles. The van der Waals surface area contributed by atoms with Gasteiger partial charge >= 0.3 is 0 Å². The van der Waals surface area contributed by atoms with E-state index >= 15 is 0 Å². The number of nitrogens with two attached hydrogens (primary N) is 1. The Bertz CT molecular complexity index is 1320. The average Bonchev–Trinajstić information content (AvgIpc) is 3.23. The largest absolute Gasteiger partial charge is 0.497 e. The van der Waals surface area contributed by atoms with E-state index in [1.165, 1.54) is 17.4 Å². The van der Waals surface area contributed by atoms with Crippen molar-refractivity contribution in [3.8, 4) is 21.9 Å². The quantitative estimate of drug-likeness (QED) is 0.226. The Hall–Kier alpha value is -3.62. The fraction of sp³-hybridized carbons (Fsp3) is 0.160. The first kappa shape index (κ1) is 23.5. The molecule has 0 radical (unpaired) electrons. The molecule has 0 fully saturated rings. The summed E-state index contributed by atoms with van der Waals surface area (Å²) in [7, 11) is 3.16. The number of thiazole rings is 1. The molecular weight excluding hydrogens is 474 g/mol. The lowest BCUT2D eigenvalue weighted by molar-refractivity contribution is -0.384. The number of nitrogens with zero attached hydrogens (tertiary/aromatic N) is 2. The predicted molar refractivity (Wildman–Crippen MR) is 135 cm³/mol. The number of methoxy groups -OCH3 is 2. The van der Waals surface area contributed by atoms with Crippen LogP contribution in [-0.2, 0) is 6.42 Å². The van der Waals surface area contributed by atoms with Crippen molar-refractivity contribution >= 4 is 33.8 Å². The van der Waals surface area contributed by atoms with Gasteiger partial charge in [-0.2, -0.15) is 0 Å². The van der Waals surface area contributed by atoms with E-state index in [1.807, 2.05) is 48.5 Å². The lowest BCUT2D eigenvalue weighted by Crippen LogP contribution is -2.09. The molecule has 34 heavy (non-hydrogen) atoms. The van der Waals surface area contributed by atoms with Gasteiger partial charge in [0.2, 0.25) is 0 Å².